The molecule has 4 nitrogen and oxygen atoms in total. The van der Waals surface area contributed by atoms with Gasteiger partial charge in [0.15, 0.2) is 0 Å². The Kier molecular flexibility index (Phi) is 2.97. The summed E-state index contributed by atoms with van der Waals surface area (Å²) in [5.74, 6) is -0.260. The number of ether oxygens (including phenoxy) is 1. The SMILES string of the molecule is O=S1(=O)c2ccc(Br)c(F)c2CN1CC1COC1. The van der Waals surface area contributed by atoms with Gasteiger partial charge in [0.2, 0.25) is 10.0 Å². The lowest BCUT2D eigenvalue weighted by atomic mass is 10.1. The Morgan fingerprint density at radius 3 is 2.78 bits per heavy atom. The number of rotatable bonds is 2. The minimum atomic E-state index is -3.54. The molecule has 2 aliphatic rings. The lowest BCUT2D eigenvalue weighted by Gasteiger charge is -2.29. The van der Waals surface area contributed by atoms with Crippen molar-refractivity contribution in [1.82, 2.24) is 4.31 Å². The van der Waals surface area contributed by atoms with Crippen molar-refractivity contribution in [2.75, 3.05) is 19.8 Å². The van der Waals surface area contributed by atoms with Crippen LogP contribution >= 0.6 is 15.9 Å². The summed E-state index contributed by atoms with van der Waals surface area (Å²) >= 11 is 3.07. The highest BCUT2D eigenvalue weighted by atomic mass is 79.9. The van der Waals surface area contributed by atoms with Crippen molar-refractivity contribution in [2.24, 2.45) is 5.92 Å². The van der Waals surface area contributed by atoms with Crippen LogP contribution in [0.25, 0.3) is 0 Å². The first kappa shape index (κ1) is 12.5. The molecular weight excluding hydrogens is 325 g/mol. The Labute approximate surface area is 113 Å². The van der Waals surface area contributed by atoms with Crippen LogP contribution in [0.5, 0.6) is 0 Å². The largest absolute Gasteiger partial charge is 0.381 e. The third-order valence-corrected chi connectivity index (χ3v) is 5.78. The molecular formula is C11H11BrFNO3S. The summed E-state index contributed by atoms with van der Waals surface area (Å²) in [4.78, 5) is 0.0865. The predicted octanol–water partition coefficient (Wildman–Crippen LogP) is 1.74. The Balaban J connectivity index is 1.97. The molecule has 1 fully saturated rings. The zero-order valence-corrected chi connectivity index (χ0v) is 11.8. The van der Waals surface area contributed by atoms with Crippen molar-refractivity contribution in [3.8, 4) is 0 Å². The van der Waals surface area contributed by atoms with E-state index in [0.717, 1.165) is 0 Å². The van der Waals surface area contributed by atoms with E-state index in [4.69, 9.17) is 4.74 Å². The highest BCUT2D eigenvalue weighted by Crippen LogP contribution is 2.35. The molecule has 1 saturated heterocycles. The van der Waals surface area contributed by atoms with Crippen LogP contribution in [0.15, 0.2) is 21.5 Å². The number of nitrogens with zero attached hydrogens (tertiary/aromatic N) is 1. The van der Waals surface area contributed by atoms with Crippen molar-refractivity contribution in [1.29, 1.82) is 0 Å². The summed E-state index contributed by atoms with van der Waals surface area (Å²) < 4.78 is 45.0. The first-order chi connectivity index (χ1) is 8.50. The summed E-state index contributed by atoms with van der Waals surface area (Å²) in [6, 6.07) is 2.89. The van der Waals surface area contributed by atoms with E-state index in [1.165, 1.54) is 16.4 Å². The molecule has 0 N–H and O–H groups in total. The van der Waals surface area contributed by atoms with Crippen LogP contribution in [0, 0.1) is 11.7 Å². The van der Waals surface area contributed by atoms with Gasteiger partial charge in [-0.1, -0.05) is 0 Å². The highest BCUT2D eigenvalue weighted by Gasteiger charge is 2.39. The van der Waals surface area contributed by atoms with Crippen molar-refractivity contribution < 1.29 is 17.5 Å². The van der Waals surface area contributed by atoms with E-state index in [0.29, 0.717) is 24.2 Å². The summed E-state index contributed by atoms with van der Waals surface area (Å²) in [5, 5.41) is 0. The Bertz CT molecular complexity index is 601. The number of benzene rings is 1. The summed E-state index contributed by atoms with van der Waals surface area (Å²) in [6.07, 6.45) is 0. The van der Waals surface area contributed by atoms with E-state index in [-0.39, 0.29) is 22.9 Å². The zero-order chi connectivity index (χ0) is 12.9. The molecule has 0 radical (unpaired) electrons. The molecule has 1 aromatic carbocycles. The van der Waals surface area contributed by atoms with Crippen LogP contribution in [0.1, 0.15) is 5.56 Å². The summed E-state index contributed by atoms with van der Waals surface area (Å²) in [7, 11) is -3.54. The topological polar surface area (TPSA) is 46.6 Å². The van der Waals surface area contributed by atoms with Crippen molar-refractivity contribution >= 4 is 26.0 Å². The highest BCUT2D eigenvalue weighted by molar-refractivity contribution is 9.10. The van der Waals surface area contributed by atoms with E-state index in [1.54, 1.807) is 0 Å². The molecule has 98 valence electrons. The fourth-order valence-corrected chi connectivity index (χ4v) is 4.27. The molecule has 0 aromatic heterocycles. The lowest BCUT2D eigenvalue weighted by Crippen LogP contribution is -2.39. The van der Waals surface area contributed by atoms with Gasteiger partial charge >= 0.3 is 0 Å². The van der Waals surface area contributed by atoms with Gasteiger partial charge in [-0.3, -0.25) is 0 Å². The van der Waals surface area contributed by atoms with E-state index < -0.39 is 15.8 Å². The van der Waals surface area contributed by atoms with Gasteiger partial charge in [-0.2, -0.15) is 4.31 Å². The Morgan fingerprint density at radius 2 is 2.17 bits per heavy atom. The van der Waals surface area contributed by atoms with Gasteiger partial charge < -0.3 is 4.74 Å². The molecule has 0 atom stereocenters. The standard InChI is InChI=1S/C11H11BrFNO3S/c12-9-1-2-10-8(11(9)13)4-14(18(10,15)16)3-7-5-17-6-7/h1-2,7H,3-6H2. The van der Waals surface area contributed by atoms with Crippen molar-refractivity contribution in [2.45, 2.75) is 11.4 Å². The maximum atomic E-state index is 13.9. The number of sulfonamides is 1. The van der Waals surface area contributed by atoms with E-state index >= 15 is 0 Å². The Hall–Kier alpha value is -0.500. The molecule has 0 saturated carbocycles. The number of fused-ring (bicyclic) bond motifs is 1. The van der Waals surface area contributed by atoms with E-state index in [2.05, 4.69) is 15.9 Å². The van der Waals surface area contributed by atoms with Gasteiger partial charge in [-0.05, 0) is 28.1 Å². The van der Waals surface area contributed by atoms with Gasteiger partial charge in [0.05, 0.1) is 22.6 Å². The van der Waals surface area contributed by atoms with Crippen LogP contribution < -0.4 is 0 Å². The summed E-state index contributed by atoms with van der Waals surface area (Å²) in [5.41, 5.74) is 0.254. The molecule has 7 heteroatoms. The first-order valence-electron chi connectivity index (χ1n) is 5.55. The molecule has 0 aliphatic carbocycles. The van der Waals surface area contributed by atoms with Gasteiger partial charge in [0, 0.05) is 24.6 Å². The van der Waals surface area contributed by atoms with Gasteiger partial charge in [0.25, 0.3) is 0 Å². The van der Waals surface area contributed by atoms with Crippen LogP contribution in [-0.4, -0.2) is 32.5 Å². The lowest BCUT2D eigenvalue weighted by molar-refractivity contribution is -0.0384. The third-order valence-electron chi connectivity index (χ3n) is 3.27. The number of hydrogen-bond acceptors (Lipinski definition) is 3. The number of halogens is 2. The van der Waals surface area contributed by atoms with Crippen molar-refractivity contribution in [3.05, 3.63) is 28.0 Å². The average molecular weight is 336 g/mol. The second kappa shape index (κ2) is 4.26. The molecule has 0 bridgehead atoms. The molecule has 2 aliphatic heterocycles. The van der Waals surface area contributed by atoms with E-state index in [1.807, 2.05) is 0 Å². The van der Waals surface area contributed by atoms with Crippen LogP contribution in [0.3, 0.4) is 0 Å². The monoisotopic (exact) mass is 335 g/mol. The van der Waals surface area contributed by atoms with Crippen LogP contribution in [-0.2, 0) is 21.3 Å². The second-order valence-electron chi connectivity index (χ2n) is 4.54. The fraction of sp³-hybridized carbons (Fsp3) is 0.455. The van der Waals surface area contributed by atoms with Crippen LogP contribution in [0.4, 0.5) is 4.39 Å². The smallest absolute Gasteiger partial charge is 0.243 e. The van der Waals surface area contributed by atoms with Gasteiger partial charge in [-0.25, -0.2) is 12.8 Å². The minimum Gasteiger partial charge on any atom is -0.381 e. The molecule has 3 rings (SSSR count). The third kappa shape index (κ3) is 1.80. The van der Waals surface area contributed by atoms with E-state index in [9.17, 15) is 12.8 Å². The minimum absolute atomic E-state index is 0.0865. The predicted molar refractivity (Wildman–Crippen MR) is 66.0 cm³/mol. The fourth-order valence-electron chi connectivity index (χ4n) is 2.20. The molecule has 0 unspecified atom stereocenters. The molecule has 18 heavy (non-hydrogen) atoms. The molecule has 2 heterocycles. The van der Waals surface area contributed by atoms with Crippen molar-refractivity contribution in [3.63, 3.8) is 0 Å². The van der Waals surface area contributed by atoms with Crippen LogP contribution in [0.2, 0.25) is 0 Å². The average Bonchev–Trinajstić information content (AvgIpc) is 2.51. The molecule has 1 aromatic rings. The van der Waals surface area contributed by atoms with Gasteiger partial charge in [-0.15, -0.1) is 0 Å². The first-order valence-corrected chi connectivity index (χ1v) is 7.78. The quantitative estimate of drug-likeness (QED) is 0.827. The molecule has 0 amide bonds. The zero-order valence-electron chi connectivity index (χ0n) is 9.40. The normalized spacial score (nSPS) is 22.8. The summed E-state index contributed by atoms with van der Waals surface area (Å²) in [6.45, 7) is 1.66. The molecule has 0 spiro atoms. The maximum absolute atomic E-state index is 13.9. The Morgan fingerprint density at radius 1 is 1.44 bits per heavy atom. The van der Waals surface area contributed by atoms with Gasteiger partial charge in [0.1, 0.15) is 5.82 Å². The number of hydrogen-bond donors (Lipinski definition) is 0. The second-order valence-corrected chi connectivity index (χ2v) is 7.30. The maximum Gasteiger partial charge on any atom is 0.243 e.